The van der Waals surface area contributed by atoms with Gasteiger partial charge in [0, 0.05) is 5.56 Å². The highest BCUT2D eigenvalue weighted by Crippen LogP contribution is 2.43. The summed E-state index contributed by atoms with van der Waals surface area (Å²) < 4.78 is 16.1. The van der Waals surface area contributed by atoms with Gasteiger partial charge in [0.25, 0.3) is 0 Å². The minimum Gasteiger partial charge on any atom is -0.493 e. The molecule has 4 nitrogen and oxygen atoms in total. The van der Waals surface area contributed by atoms with Gasteiger partial charge in [0.05, 0.1) is 19.8 Å². The molecule has 0 spiro atoms. The summed E-state index contributed by atoms with van der Waals surface area (Å²) in [6, 6.07) is 11.2. The molecule has 4 heteroatoms. The highest BCUT2D eigenvalue weighted by molar-refractivity contribution is 6.01. The van der Waals surface area contributed by atoms with Gasteiger partial charge in [0.15, 0.2) is 11.5 Å². The molecular formula is C16H14O4. The van der Waals surface area contributed by atoms with Gasteiger partial charge in [0.2, 0.25) is 0 Å². The van der Waals surface area contributed by atoms with Crippen LogP contribution in [0.5, 0.6) is 11.5 Å². The van der Waals surface area contributed by atoms with Gasteiger partial charge in [-0.15, -0.1) is 0 Å². The predicted molar refractivity (Wildman–Crippen MR) is 74.1 cm³/mol. The van der Waals surface area contributed by atoms with Crippen molar-refractivity contribution in [3.8, 4) is 22.6 Å². The Bertz CT molecular complexity index is 676. The maximum absolute atomic E-state index is 12.1. The number of methoxy groups -OCH3 is 2. The van der Waals surface area contributed by atoms with Crippen molar-refractivity contribution >= 4 is 5.97 Å². The van der Waals surface area contributed by atoms with E-state index in [2.05, 4.69) is 0 Å². The number of carbonyl (C=O) groups excluding carboxylic acids is 1. The van der Waals surface area contributed by atoms with Crippen molar-refractivity contribution in [1.29, 1.82) is 0 Å². The van der Waals surface area contributed by atoms with Gasteiger partial charge in [-0.05, 0) is 23.3 Å². The fourth-order valence-corrected chi connectivity index (χ4v) is 2.48. The largest absolute Gasteiger partial charge is 0.493 e. The first kappa shape index (κ1) is 12.5. The van der Waals surface area contributed by atoms with Gasteiger partial charge in [-0.2, -0.15) is 0 Å². The number of fused-ring (bicyclic) bond motifs is 3. The van der Waals surface area contributed by atoms with Crippen molar-refractivity contribution < 1.29 is 19.0 Å². The Labute approximate surface area is 116 Å². The van der Waals surface area contributed by atoms with E-state index in [4.69, 9.17) is 14.2 Å². The molecular weight excluding hydrogens is 256 g/mol. The predicted octanol–water partition coefficient (Wildman–Crippen LogP) is 3.04. The summed E-state index contributed by atoms with van der Waals surface area (Å²) in [6.45, 7) is 0.259. The van der Waals surface area contributed by atoms with Crippen LogP contribution in [0.4, 0.5) is 0 Å². The van der Waals surface area contributed by atoms with E-state index in [0.717, 1.165) is 16.7 Å². The normalized spacial score (nSPS) is 12.8. The number of rotatable bonds is 2. The molecule has 0 aliphatic carbocycles. The summed E-state index contributed by atoms with van der Waals surface area (Å²) in [5.74, 6) is 0.796. The van der Waals surface area contributed by atoms with E-state index in [1.165, 1.54) is 0 Å². The summed E-state index contributed by atoms with van der Waals surface area (Å²) in [6.07, 6.45) is 0. The number of cyclic esters (lactones) is 1. The van der Waals surface area contributed by atoms with Crippen molar-refractivity contribution in [2.45, 2.75) is 6.61 Å². The first-order valence-corrected chi connectivity index (χ1v) is 6.26. The van der Waals surface area contributed by atoms with Crippen molar-refractivity contribution in [2.24, 2.45) is 0 Å². The molecule has 0 saturated carbocycles. The lowest BCUT2D eigenvalue weighted by atomic mass is 9.95. The monoisotopic (exact) mass is 270 g/mol. The molecule has 0 atom stereocenters. The molecule has 102 valence electrons. The summed E-state index contributed by atoms with van der Waals surface area (Å²) in [4.78, 5) is 12.1. The van der Waals surface area contributed by atoms with E-state index in [-0.39, 0.29) is 12.6 Å². The van der Waals surface area contributed by atoms with Gasteiger partial charge in [0.1, 0.15) is 6.61 Å². The molecule has 1 aliphatic rings. The Kier molecular flexibility index (Phi) is 3.06. The minimum absolute atomic E-state index is 0.259. The molecule has 0 N–H and O–H groups in total. The van der Waals surface area contributed by atoms with E-state index >= 15 is 0 Å². The quantitative estimate of drug-likeness (QED) is 0.787. The maximum atomic E-state index is 12.1. The van der Waals surface area contributed by atoms with E-state index in [1.54, 1.807) is 26.4 Å². The molecule has 0 bridgehead atoms. The van der Waals surface area contributed by atoms with E-state index in [1.807, 2.05) is 24.3 Å². The molecule has 0 aromatic heterocycles. The van der Waals surface area contributed by atoms with Crippen LogP contribution in [0.15, 0.2) is 36.4 Å². The second kappa shape index (κ2) is 4.89. The molecule has 20 heavy (non-hydrogen) atoms. The van der Waals surface area contributed by atoms with Gasteiger partial charge in [-0.25, -0.2) is 4.79 Å². The van der Waals surface area contributed by atoms with Crippen LogP contribution in [0.1, 0.15) is 15.9 Å². The fourth-order valence-electron chi connectivity index (χ4n) is 2.48. The van der Waals surface area contributed by atoms with Crippen LogP contribution in [-0.4, -0.2) is 20.2 Å². The number of ether oxygens (including phenoxy) is 3. The van der Waals surface area contributed by atoms with Crippen LogP contribution in [0.3, 0.4) is 0 Å². The van der Waals surface area contributed by atoms with Crippen LogP contribution >= 0.6 is 0 Å². The Morgan fingerprint density at radius 2 is 1.80 bits per heavy atom. The number of esters is 1. The molecule has 0 unspecified atom stereocenters. The molecule has 0 saturated heterocycles. The molecule has 2 aromatic carbocycles. The third-order valence-corrected chi connectivity index (χ3v) is 3.41. The average molecular weight is 270 g/mol. The van der Waals surface area contributed by atoms with Crippen molar-refractivity contribution in [1.82, 2.24) is 0 Å². The maximum Gasteiger partial charge on any atom is 0.339 e. The Morgan fingerprint density at radius 1 is 1.00 bits per heavy atom. The van der Waals surface area contributed by atoms with Gasteiger partial charge >= 0.3 is 5.97 Å². The number of carbonyl (C=O) groups is 1. The molecule has 1 heterocycles. The van der Waals surface area contributed by atoms with Gasteiger partial charge in [-0.1, -0.05) is 24.3 Å². The van der Waals surface area contributed by atoms with Crippen molar-refractivity contribution in [3.05, 3.63) is 47.5 Å². The van der Waals surface area contributed by atoms with Crippen molar-refractivity contribution in [2.75, 3.05) is 14.2 Å². The first-order valence-electron chi connectivity index (χ1n) is 6.26. The minimum atomic E-state index is -0.350. The van der Waals surface area contributed by atoms with E-state index < -0.39 is 0 Å². The molecule has 0 fully saturated rings. The SMILES string of the molecule is COc1ccc2c(c1OC)-c1ccccc1COC2=O. The van der Waals surface area contributed by atoms with Gasteiger partial charge in [-0.3, -0.25) is 0 Å². The first-order chi connectivity index (χ1) is 9.76. The third-order valence-electron chi connectivity index (χ3n) is 3.41. The highest BCUT2D eigenvalue weighted by atomic mass is 16.5. The van der Waals surface area contributed by atoms with Crippen LogP contribution < -0.4 is 9.47 Å². The zero-order chi connectivity index (χ0) is 14.1. The van der Waals surface area contributed by atoms with E-state index in [0.29, 0.717) is 17.1 Å². The smallest absolute Gasteiger partial charge is 0.339 e. The zero-order valence-corrected chi connectivity index (χ0v) is 11.3. The Morgan fingerprint density at radius 3 is 2.55 bits per heavy atom. The Hall–Kier alpha value is -2.49. The second-order valence-electron chi connectivity index (χ2n) is 4.46. The second-order valence-corrected chi connectivity index (χ2v) is 4.46. The lowest BCUT2D eigenvalue weighted by Crippen LogP contribution is -2.04. The summed E-state index contributed by atoms with van der Waals surface area (Å²) in [7, 11) is 3.14. The number of benzene rings is 2. The average Bonchev–Trinajstić information content (AvgIpc) is 2.64. The van der Waals surface area contributed by atoms with Crippen LogP contribution in [0, 0.1) is 0 Å². The summed E-state index contributed by atoms with van der Waals surface area (Å²) in [5, 5.41) is 0. The molecule has 0 amide bonds. The Balaban J connectivity index is 2.38. The van der Waals surface area contributed by atoms with Gasteiger partial charge < -0.3 is 14.2 Å². The van der Waals surface area contributed by atoms with Crippen LogP contribution in [0.25, 0.3) is 11.1 Å². The molecule has 2 aromatic rings. The van der Waals surface area contributed by atoms with Crippen LogP contribution in [-0.2, 0) is 11.3 Å². The zero-order valence-electron chi connectivity index (χ0n) is 11.3. The van der Waals surface area contributed by atoms with Crippen molar-refractivity contribution in [3.63, 3.8) is 0 Å². The molecule has 1 aliphatic heterocycles. The lowest BCUT2D eigenvalue weighted by Gasteiger charge is -2.15. The lowest BCUT2D eigenvalue weighted by molar-refractivity contribution is 0.0478. The number of hydrogen-bond acceptors (Lipinski definition) is 4. The standard InChI is InChI=1S/C16H14O4/c1-18-13-8-7-12-14(15(13)19-2)11-6-4-3-5-10(11)9-20-16(12)17/h3-8H,9H2,1-2H3. The molecule has 0 radical (unpaired) electrons. The number of hydrogen-bond donors (Lipinski definition) is 0. The molecule has 3 rings (SSSR count). The third kappa shape index (κ3) is 1.81. The fraction of sp³-hybridized carbons (Fsp3) is 0.188. The topological polar surface area (TPSA) is 44.8 Å². The summed E-state index contributed by atoms with van der Waals surface area (Å²) >= 11 is 0. The highest BCUT2D eigenvalue weighted by Gasteiger charge is 2.26. The van der Waals surface area contributed by atoms with E-state index in [9.17, 15) is 4.79 Å². The van der Waals surface area contributed by atoms with Crippen LogP contribution in [0.2, 0.25) is 0 Å². The summed E-state index contributed by atoms with van der Waals surface area (Å²) in [5.41, 5.74) is 3.10.